The lowest BCUT2D eigenvalue weighted by molar-refractivity contribution is 0.598. The molecule has 1 aliphatic carbocycles. The van der Waals surface area contributed by atoms with Crippen molar-refractivity contribution in [2.75, 3.05) is 0 Å². The van der Waals surface area contributed by atoms with Crippen LogP contribution in [0.25, 0.3) is 0 Å². The average molecular weight is 181 g/mol. The van der Waals surface area contributed by atoms with Crippen LogP contribution in [-0.4, -0.2) is 0 Å². The van der Waals surface area contributed by atoms with E-state index in [0.29, 0.717) is 6.04 Å². The summed E-state index contributed by atoms with van der Waals surface area (Å²) in [5.74, 6) is 0.931. The second-order valence-electron chi connectivity index (χ2n) is 3.78. The van der Waals surface area contributed by atoms with Crippen molar-refractivity contribution in [3.8, 4) is 0 Å². The molecule has 12 heavy (non-hydrogen) atoms. The Morgan fingerprint density at radius 2 is 2.42 bits per heavy atom. The molecule has 1 heterocycles. The van der Waals surface area contributed by atoms with Crippen molar-refractivity contribution in [3.63, 3.8) is 0 Å². The molecule has 0 spiro atoms. The third-order valence-corrected chi connectivity index (χ3v) is 3.34. The van der Waals surface area contributed by atoms with E-state index in [4.69, 9.17) is 5.73 Å². The summed E-state index contributed by atoms with van der Waals surface area (Å²) in [4.78, 5) is 1.37. The van der Waals surface area contributed by atoms with E-state index in [1.807, 2.05) is 0 Å². The Hall–Kier alpha value is -0.340. The van der Waals surface area contributed by atoms with Crippen molar-refractivity contribution < 1.29 is 0 Å². The molecule has 0 aliphatic heterocycles. The predicted molar refractivity (Wildman–Crippen MR) is 53.3 cm³/mol. The second kappa shape index (κ2) is 3.19. The summed E-state index contributed by atoms with van der Waals surface area (Å²) in [5, 5.41) is 2.20. The van der Waals surface area contributed by atoms with Gasteiger partial charge in [-0.25, -0.2) is 0 Å². The number of hydrogen-bond donors (Lipinski definition) is 1. The third kappa shape index (κ3) is 1.87. The fourth-order valence-electron chi connectivity index (χ4n) is 1.51. The van der Waals surface area contributed by atoms with Crippen molar-refractivity contribution in [2.24, 2.45) is 11.7 Å². The fraction of sp³-hybridized carbons (Fsp3) is 0.600. The van der Waals surface area contributed by atoms with Gasteiger partial charge >= 0.3 is 0 Å². The molecule has 1 aromatic heterocycles. The Morgan fingerprint density at radius 1 is 1.67 bits per heavy atom. The van der Waals surface area contributed by atoms with Gasteiger partial charge in [-0.2, -0.15) is 0 Å². The van der Waals surface area contributed by atoms with Crippen LogP contribution in [0.5, 0.6) is 0 Å². The van der Waals surface area contributed by atoms with E-state index in [2.05, 4.69) is 18.4 Å². The maximum Gasteiger partial charge on any atom is 0.0305 e. The third-order valence-electron chi connectivity index (χ3n) is 2.46. The number of aryl methyl sites for hydroxylation is 1. The Kier molecular flexibility index (Phi) is 2.20. The monoisotopic (exact) mass is 181 g/mol. The predicted octanol–water partition coefficient (Wildman–Crippen LogP) is 2.86. The lowest BCUT2D eigenvalue weighted by Crippen LogP contribution is -2.09. The zero-order chi connectivity index (χ0) is 8.55. The zero-order valence-electron chi connectivity index (χ0n) is 7.42. The van der Waals surface area contributed by atoms with Gasteiger partial charge in [0.1, 0.15) is 0 Å². The smallest absolute Gasteiger partial charge is 0.0305 e. The van der Waals surface area contributed by atoms with Gasteiger partial charge in [0.15, 0.2) is 0 Å². The molecule has 0 aromatic carbocycles. The second-order valence-corrected chi connectivity index (χ2v) is 4.89. The standard InChI is InChI=1S/C10H15NS/c1-7-4-9(6-12-7)10(11)5-8-2-3-8/h4,6,8,10H,2-3,5,11H2,1H3/t10-/m0/s1. The van der Waals surface area contributed by atoms with E-state index >= 15 is 0 Å². The molecule has 1 aromatic rings. The molecule has 0 radical (unpaired) electrons. The van der Waals surface area contributed by atoms with Crippen LogP contribution in [0, 0.1) is 12.8 Å². The average Bonchev–Trinajstić information content (AvgIpc) is 2.72. The Morgan fingerprint density at radius 3 is 2.92 bits per heavy atom. The molecule has 1 saturated carbocycles. The maximum atomic E-state index is 6.06. The topological polar surface area (TPSA) is 26.0 Å². The molecule has 1 aliphatic rings. The Labute approximate surface area is 77.6 Å². The Balaban J connectivity index is 1.97. The highest BCUT2D eigenvalue weighted by atomic mass is 32.1. The first-order chi connectivity index (χ1) is 5.75. The summed E-state index contributed by atoms with van der Waals surface area (Å²) in [5.41, 5.74) is 7.39. The van der Waals surface area contributed by atoms with Gasteiger partial charge in [-0.1, -0.05) is 12.8 Å². The number of hydrogen-bond acceptors (Lipinski definition) is 2. The largest absolute Gasteiger partial charge is 0.324 e. The van der Waals surface area contributed by atoms with Gasteiger partial charge in [0.25, 0.3) is 0 Å². The van der Waals surface area contributed by atoms with Crippen LogP contribution in [0.1, 0.15) is 35.7 Å². The van der Waals surface area contributed by atoms with E-state index in [1.54, 1.807) is 11.3 Å². The Bertz CT molecular complexity index is 263. The van der Waals surface area contributed by atoms with E-state index < -0.39 is 0 Å². The molecule has 1 fully saturated rings. The first-order valence-electron chi connectivity index (χ1n) is 4.56. The van der Waals surface area contributed by atoms with Crippen molar-refractivity contribution in [3.05, 3.63) is 21.9 Å². The van der Waals surface area contributed by atoms with Gasteiger partial charge in [-0.15, -0.1) is 11.3 Å². The molecule has 1 nitrogen and oxygen atoms in total. The van der Waals surface area contributed by atoms with E-state index in [0.717, 1.165) is 5.92 Å². The van der Waals surface area contributed by atoms with Gasteiger partial charge < -0.3 is 5.73 Å². The van der Waals surface area contributed by atoms with Gasteiger partial charge in [0.2, 0.25) is 0 Å². The quantitative estimate of drug-likeness (QED) is 0.762. The molecule has 66 valence electrons. The molecule has 1 atom stereocenters. The van der Waals surface area contributed by atoms with Gasteiger partial charge in [0.05, 0.1) is 0 Å². The molecule has 0 saturated heterocycles. The number of rotatable bonds is 3. The van der Waals surface area contributed by atoms with Gasteiger partial charge in [0, 0.05) is 10.9 Å². The van der Waals surface area contributed by atoms with Crippen LogP contribution >= 0.6 is 11.3 Å². The molecular weight excluding hydrogens is 166 g/mol. The molecule has 0 unspecified atom stereocenters. The summed E-state index contributed by atoms with van der Waals surface area (Å²) < 4.78 is 0. The van der Waals surface area contributed by atoms with Crippen LogP contribution in [0.3, 0.4) is 0 Å². The minimum atomic E-state index is 0.294. The highest BCUT2D eigenvalue weighted by Gasteiger charge is 2.24. The fourth-order valence-corrected chi connectivity index (χ4v) is 2.28. The molecule has 0 amide bonds. The lowest BCUT2D eigenvalue weighted by Gasteiger charge is -2.07. The van der Waals surface area contributed by atoms with E-state index in [9.17, 15) is 0 Å². The zero-order valence-corrected chi connectivity index (χ0v) is 8.23. The van der Waals surface area contributed by atoms with Crippen molar-refractivity contribution >= 4 is 11.3 Å². The summed E-state index contributed by atoms with van der Waals surface area (Å²) in [6.07, 6.45) is 3.99. The first-order valence-corrected chi connectivity index (χ1v) is 5.44. The molecule has 2 N–H and O–H groups in total. The minimum absolute atomic E-state index is 0.294. The SMILES string of the molecule is Cc1cc([C@@H](N)CC2CC2)cs1. The molecule has 0 bridgehead atoms. The van der Waals surface area contributed by atoms with E-state index in [-0.39, 0.29) is 0 Å². The number of thiophene rings is 1. The number of nitrogens with two attached hydrogens (primary N) is 1. The van der Waals surface area contributed by atoms with Crippen LogP contribution < -0.4 is 5.73 Å². The van der Waals surface area contributed by atoms with Crippen molar-refractivity contribution in [1.82, 2.24) is 0 Å². The summed E-state index contributed by atoms with van der Waals surface area (Å²) in [6, 6.07) is 2.51. The van der Waals surface area contributed by atoms with Crippen molar-refractivity contribution in [2.45, 2.75) is 32.2 Å². The van der Waals surface area contributed by atoms with Gasteiger partial charge in [-0.05, 0) is 36.3 Å². The highest BCUT2D eigenvalue weighted by molar-refractivity contribution is 7.10. The summed E-state index contributed by atoms with van der Waals surface area (Å²) in [7, 11) is 0. The summed E-state index contributed by atoms with van der Waals surface area (Å²) >= 11 is 1.80. The van der Waals surface area contributed by atoms with E-state index in [1.165, 1.54) is 29.7 Å². The molecule has 2 heteroatoms. The van der Waals surface area contributed by atoms with Gasteiger partial charge in [-0.3, -0.25) is 0 Å². The molecular formula is C10H15NS. The summed E-state index contributed by atoms with van der Waals surface area (Å²) in [6.45, 7) is 2.14. The van der Waals surface area contributed by atoms with Crippen LogP contribution in [0.15, 0.2) is 11.4 Å². The van der Waals surface area contributed by atoms with Crippen LogP contribution in [-0.2, 0) is 0 Å². The molecule has 2 rings (SSSR count). The normalized spacial score (nSPS) is 19.5. The minimum Gasteiger partial charge on any atom is -0.324 e. The first kappa shape index (κ1) is 8.27. The van der Waals surface area contributed by atoms with Crippen LogP contribution in [0.4, 0.5) is 0 Å². The lowest BCUT2D eigenvalue weighted by atomic mass is 10.1. The highest BCUT2D eigenvalue weighted by Crippen LogP contribution is 2.37. The van der Waals surface area contributed by atoms with Crippen molar-refractivity contribution in [1.29, 1.82) is 0 Å². The maximum absolute atomic E-state index is 6.06. The van der Waals surface area contributed by atoms with Crippen LogP contribution in [0.2, 0.25) is 0 Å².